The van der Waals surface area contributed by atoms with Gasteiger partial charge < -0.3 is 9.84 Å². The fraction of sp³-hybridized carbons (Fsp3) is 0.115. The van der Waals surface area contributed by atoms with Crippen molar-refractivity contribution in [3.8, 4) is 22.9 Å². The van der Waals surface area contributed by atoms with Crippen LogP contribution in [0.1, 0.15) is 21.7 Å². The van der Waals surface area contributed by atoms with E-state index < -0.39 is 17.3 Å². The third kappa shape index (κ3) is 4.39. The van der Waals surface area contributed by atoms with Gasteiger partial charge in [0.15, 0.2) is 0 Å². The number of hydrogen-bond donors (Lipinski definition) is 1. The molecule has 0 saturated carbocycles. The molecule has 37 heavy (non-hydrogen) atoms. The number of fused-ring (bicyclic) bond motifs is 2. The van der Waals surface area contributed by atoms with Crippen molar-refractivity contribution in [3.05, 3.63) is 86.1 Å². The molecule has 3 heterocycles. The van der Waals surface area contributed by atoms with Crippen LogP contribution >= 0.6 is 22.9 Å². The fourth-order valence-electron chi connectivity index (χ4n) is 4.16. The summed E-state index contributed by atoms with van der Waals surface area (Å²) >= 11 is 7.53. The molecule has 1 N–H and O–H groups in total. The van der Waals surface area contributed by atoms with E-state index in [1.165, 1.54) is 27.5 Å². The van der Waals surface area contributed by atoms with Crippen LogP contribution in [-0.4, -0.2) is 32.2 Å². The van der Waals surface area contributed by atoms with E-state index in [1.54, 1.807) is 31.2 Å². The van der Waals surface area contributed by atoms with Gasteiger partial charge in [0.05, 0.1) is 38.8 Å². The van der Waals surface area contributed by atoms with Crippen LogP contribution in [0.4, 0.5) is 4.39 Å². The molecule has 5 aromatic rings. The maximum absolute atomic E-state index is 13.8. The van der Waals surface area contributed by atoms with Crippen LogP contribution in [-0.2, 0) is 6.54 Å². The zero-order chi connectivity index (χ0) is 26.3. The molecule has 11 heteroatoms. The van der Waals surface area contributed by atoms with Gasteiger partial charge in [-0.25, -0.2) is 14.2 Å². The van der Waals surface area contributed by atoms with Crippen molar-refractivity contribution in [1.29, 1.82) is 5.26 Å². The molecular formula is C26H16ClFN4O4S. The number of hydrogen-bond acceptors (Lipinski definition) is 7. The molecule has 0 aliphatic rings. The highest BCUT2D eigenvalue weighted by atomic mass is 35.5. The molecule has 5 rings (SSSR count). The van der Waals surface area contributed by atoms with Gasteiger partial charge in [-0.2, -0.15) is 5.26 Å². The number of pyridine rings is 1. The second-order valence-corrected chi connectivity index (χ2v) is 9.37. The van der Waals surface area contributed by atoms with E-state index >= 15 is 0 Å². The lowest BCUT2D eigenvalue weighted by atomic mass is 10.0. The van der Waals surface area contributed by atoms with Gasteiger partial charge in [-0.05, 0) is 37.3 Å². The number of halogens is 2. The predicted octanol–water partition coefficient (Wildman–Crippen LogP) is 5.42. The van der Waals surface area contributed by atoms with Crippen molar-refractivity contribution < 1.29 is 19.0 Å². The zero-order valence-electron chi connectivity index (χ0n) is 19.2. The van der Waals surface area contributed by atoms with E-state index in [4.69, 9.17) is 16.3 Å². The first-order valence-electron chi connectivity index (χ1n) is 10.9. The highest BCUT2D eigenvalue weighted by molar-refractivity contribution is 7.18. The third-order valence-electron chi connectivity index (χ3n) is 5.82. The van der Waals surface area contributed by atoms with E-state index in [1.807, 2.05) is 6.07 Å². The Bertz CT molecular complexity index is 1830. The molecule has 8 nitrogen and oxygen atoms in total. The highest BCUT2D eigenvalue weighted by Crippen LogP contribution is 2.39. The molecule has 0 unspecified atom stereocenters. The lowest BCUT2D eigenvalue weighted by molar-refractivity contribution is 0.0699. The molecule has 0 saturated heterocycles. The van der Waals surface area contributed by atoms with Gasteiger partial charge in [-0.1, -0.05) is 11.6 Å². The Balaban J connectivity index is 1.49. The van der Waals surface area contributed by atoms with Crippen LogP contribution in [0.25, 0.3) is 32.2 Å². The molecule has 184 valence electrons. The number of nitriles is 1. The molecule has 0 radical (unpaired) electrons. The minimum Gasteiger partial charge on any atom is -0.491 e. The number of aryl methyl sites for hydroxylation is 1. The maximum atomic E-state index is 13.8. The SMILES string of the molecule is Cc1nc2cc(F)cc(C#N)c2c(=O)n1CCOc1ccc(Cl)cc1-c1ccnc2c(C(=O)O)csc12. The Kier molecular flexibility index (Phi) is 6.33. The van der Waals surface area contributed by atoms with Crippen molar-refractivity contribution >= 4 is 50.0 Å². The number of carboxylic acid groups (broad SMARTS) is 1. The van der Waals surface area contributed by atoms with Crippen LogP contribution in [0.15, 0.2) is 52.8 Å². The number of carbonyl (C=O) groups is 1. The summed E-state index contributed by atoms with van der Waals surface area (Å²) in [6, 6.07) is 10.8. The van der Waals surface area contributed by atoms with Crippen LogP contribution in [0.2, 0.25) is 5.02 Å². The van der Waals surface area contributed by atoms with Gasteiger partial charge in [-0.15, -0.1) is 11.3 Å². The minimum atomic E-state index is -1.06. The van der Waals surface area contributed by atoms with Crippen LogP contribution in [0.5, 0.6) is 5.75 Å². The molecule has 3 aromatic heterocycles. The summed E-state index contributed by atoms with van der Waals surface area (Å²) in [4.78, 5) is 33.2. The molecule has 0 bridgehead atoms. The predicted molar refractivity (Wildman–Crippen MR) is 138 cm³/mol. The molecule has 0 aliphatic heterocycles. The number of thiophene rings is 1. The van der Waals surface area contributed by atoms with Crippen LogP contribution in [0, 0.1) is 24.1 Å². The first-order valence-corrected chi connectivity index (χ1v) is 12.2. The van der Waals surface area contributed by atoms with E-state index in [2.05, 4.69) is 9.97 Å². The zero-order valence-corrected chi connectivity index (χ0v) is 20.7. The summed E-state index contributed by atoms with van der Waals surface area (Å²) in [5.41, 5.74) is 1.41. The quantitative estimate of drug-likeness (QED) is 0.309. The number of ether oxygens (including phenoxy) is 1. The normalized spacial score (nSPS) is 11.1. The number of aromatic carboxylic acids is 1. The second-order valence-electron chi connectivity index (χ2n) is 8.05. The Morgan fingerprint density at radius 3 is 2.84 bits per heavy atom. The van der Waals surface area contributed by atoms with Crippen molar-refractivity contribution in [1.82, 2.24) is 14.5 Å². The Hall–Kier alpha value is -4.33. The molecule has 0 spiro atoms. The minimum absolute atomic E-state index is 0.0489. The van der Waals surface area contributed by atoms with Gasteiger partial charge in [0, 0.05) is 33.8 Å². The van der Waals surface area contributed by atoms with Crippen molar-refractivity contribution in [2.75, 3.05) is 6.61 Å². The smallest absolute Gasteiger partial charge is 0.338 e. The second kappa shape index (κ2) is 9.61. The van der Waals surface area contributed by atoms with Gasteiger partial charge in [0.1, 0.15) is 30.1 Å². The molecule has 2 aromatic carbocycles. The van der Waals surface area contributed by atoms with Crippen molar-refractivity contribution in [3.63, 3.8) is 0 Å². The van der Waals surface area contributed by atoms with Crippen molar-refractivity contribution in [2.24, 2.45) is 0 Å². The molecular weight excluding hydrogens is 519 g/mol. The fourth-order valence-corrected chi connectivity index (χ4v) is 5.36. The molecule has 0 fully saturated rings. The lowest BCUT2D eigenvalue weighted by Crippen LogP contribution is -2.27. The van der Waals surface area contributed by atoms with Gasteiger partial charge >= 0.3 is 5.97 Å². The van der Waals surface area contributed by atoms with E-state index in [0.717, 1.165) is 12.1 Å². The number of benzene rings is 2. The topological polar surface area (TPSA) is 118 Å². The summed E-state index contributed by atoms with van der Waals surface area (Å²) in [6.07, 6.45) is 1.53. The number of rotatable bonds is 6. The molecule has 0 amide bonds. The Morgan fingerprint density at radius 1 is 1.27 bits per heavy atom. The third-order valence-corrected chi connectivity index (χ3v) is 7.06. The van der Waals surface area contributed by atoms with Crippen LogP contribution in [0.3, 0.4) is 0 Å². The standard InChI is InChI=1S/C26H16ClFN4O4S/c1-13-31-20-10-16(28)8-14(11-29)22(20)25(33)32(13)6-7-36-21-3-2-15(27)9-18(21)17-4-5-30-23-19(26(34)35)12-37-24(17)23/h2-5,8-10,12H,6-7H2,1H3,(H,34,35). The summed E-state index contributed by atoms with van der Waals surface area (Å²) in [7, 11) is 0. The van der Waals surface area contributed by atoms with E-state index in [0.29, 0.717) is 37.9 Å². The van der Waals surface area contributed by atoms with E-state index in [9.17, 15) is 24.3 Å². The van der Waals surface area contributed by atoms with E-state index in [-0.39, 0.29) is 35.2 Å². The summed E-state index contributed by atoms with van der Waals surface area (Å²) < 4.78 is 21.9. The molecule has 0 atom stereocenters. The van der Waals surface area contributed by atoms with Gasteiger partial charge in [0.2, 0.25) is 0 Å². The Labute approximate surface area is 217 Å². The Morgan fingerprint density at radius 2 is 2.08 bits per heavy atom. The molecule has 0 aliphatic carbocycles. The first kappa shape index (κ1) is 24.4. The maximum Gasteiger partial charge on any atom is 0.338 e. The number of aromatic nitrogens is 3. The first-order chi connectivity index (χ1) is 17.8. The largest absolute Gasteiger partial charge is 0.491 e. The lowest BCUT2D eigenvalue weighted by Gasteiger charge is -2.15. The van der Waals surface area contributed by atoms with Crippen molar-refractivity contribution in [2.45, 2.75) is 13.5 Å². The summed E-state index contributed by atoms with van der Waals surface area (Å²) in [5, 5.41) is 20.9. The van der Waals surface area contributed by atoms with Gasteiger partial charge in [0.25, 0.3) is 5.56 Å². The average Bonchev–Trinajstić information content (AvgIpc) is 3.30. The number of carboxylic acids is 1. The monoisotopic (exact) mass is 534 g/mol. The van der Waals surface area contributed by atoms with Gasteiger partial charge in [-0.3, -0.25) is 14.3 Å². The summed E-state index contributed by atoms with van der Waals surface area (Å²) in [5.74, 6) is -0.882. The average molecular weight is 535 g/mol. The highest BCUT2D eigenvalue weighted by Gasteiger charge is 2.18. The summed E-state index contributed by atoms with van der Waals surface area (Å²) in [6.45, 7) is 1.81. The van der Waals surface area contributed by atoms with Crippen LogP contribution < -0.4 is 10.3 Å². The number of nitrogens with zero attached hydrogens (tertiary/aromatic N) is 4.